The van der Waals surface area contributed by atoms with Crippen LogP contribution in [0.3, 0.4) is 0 Å². The van der Waals surface area contributed by atoms with Gasteiger partial charge in [0.15, 0.2) is 6.54 Å². The molecule has 5 nitrogen and oxygen atoms in total. The maximum atomic E-state index is 12.5. The standard InChI is InChI=1S/C20H25N3O2/c1-21(17-8-4-3-5-9-17)20(24)16-22-12-14-23(15-13-22)18-10-6-7-11-19(18)25-2/h3-11H,12-16H2,1-2H3/p+1. The van der Waals surface area contributed by atoms with Gasteiger partial charge in [0.2, 0.25) is 0 Å². The third-order valence-electron chi connectivity index (χ3n) is 4.82. The molecule has 2 aromatic rings. The maximum Gasteiger partial charge on any atom is 0.281 e. The van der Waals surface area contributed by atoms with Crippen LogP contribution in [0, 0.1) is 0 Å². The molecule has 0 radical (unpaired) electrons. The van der Waals surface area contributed by atoms with E-state index in [9.17, 15) is 4.79 Å². The van der Waals surface area contributed by atoms with E-state index in [-0.39, 0.29) is 5.91 Å². The number of hydrogen-bond acceptors (Lipinski definition) is 3. The summed E-state index contributed by atoms with van der Waals surface area (Å²) >= 11 is 0. The van der Waals surface area contributed by atoms with Crippen LogP contribution in [-0.2, 0) is 4.79 Å². The van der Waals surface area contributed by atoms with Gasteiger partial charge in [0.05, 0.1) is 39.0 Å². The number of anilines is 2. The van der Waals surface area contributed by atoms with Crippen molar-refractivity contribution >= 4 is 17.3 Å². The molecule has 0 spiro atoms. The Labute approximate surface area is 149 Å². The minimum atomic E-state index is 0.159. The molecule has 1 heterocycles. The van der Waals surface area contributed by atoms with Gasteiger partial charge < -0.3 is 19.4 Å². The Bertz CT molecular complexity index is 697. The fourth-order valence-corrected chi connectivity index (χ4v) is 3.26. The zero-order valence-corrected chi connectivity index (χ0v) is 14.9. The first-order valence-electron chi connectivity index (χ1n) is 8.72. The minimum Gasteiger partial charge on any atom is -0.495 e. The van der Waals surface area contributed by atoms with Crippen LogP contribution in [0.5, 0.6) is 5.75 Å². The van der Waals surface area contributed by atoms with Gasteiger partial charge in [-0.15, -0.1) is 0 Å². The number of para-hydroxylation sites is 3. The molecule has 132 valence electrons. The van der Waals surface area contributed by atoms with Crippen LogP contribution in [0.15, 0.2) is 54.6 Å². The molecule has 3 rings (SSSR count). The number of methoxy groups -OCH3 is 1. The van der Waals surface area contributed by atoms with E-state index in [2.05, 4.69) is 11.0 Å². The highest BCUT2D eigenvalue weighted by Crippen LogP contribution is 2.27. The number of quaternary nitrogens is 1. The third kappa shape index (κ3) is 4.12. The smallest absolute Gasteiger partial charge is 0.281 e. The molecule has 1 amide bonds. The quantitative estimate of drug-likeness (QED) is 0.885. The predicted molar refractivity (Wildman–Crippen MR) is 101 cm³/mol. The number of rotatable bonds is 5. The van der Waals surface area contributed by atoms with Crippen molar-refractivity contribution in [1.82, 2.24) is 0 Å². The second kappa shape index (κ2) is 8.03. The molecule has 1 aliphatic rings. The molecule has 0 saturated carbocycles. The van der Waals surface area contributed by atoms with Gasteiger partial charge in [-0.05, 0) is 24.3 Å². The summed E-state index contributed by atoms with van der Waals surface area (Å²) in [6.45, 7) is 4.29. The van der Waals surface area contributed by atoms with Crippen LogP contribution in [0.2, 0.25) is 0 Å². The molecule has 0 bridgehead atoms. The van der Waals surface area contributed by atoms with Crippen LogP contribution in [0.1, 0.15) is 0 Å². The highest BCUT2D eigenvalue weighted by Gasteiger charge is 2.25. The molecule has 1 aliphatic heterocycles. The van der Waals surface area contributed by atoms with Gasteiger partial charge in [-0.2, -0.15) is 0 Å². The lowest BCUT2D eigenvalue weighted by Gasteiger charge is -2.34. The van der Waals surface area contributed by atoms with Crippen molar-refractivity contribution in [2.24, 2.45) is 0 Å². The Hall–Kier alpha value is -2.53. The molecular formula is C20H26N3O2+. The number of carbonyl (C=O) groups excluding carboxylic acids is 1. The van der Waals surface area contributed by atoms with E-state index in [0.29, 0.717) is 6.54 Å². The van der Waals surface area contributed by atoms with E-state index in [4.69, 9.17) is 4.74 Å². The fourth-order valence-electron chi connectivity index (χ4n) is 3.26. The summed E-state index contributed by atoms with van der Waals surface area (Å²) in [4.78, 5) is 18.0. The fraction of sp³-hybridized carbons (Fsp3) is 0.350. The van der Waals surface area contributed by atoms with Crippen LogP contribution in [-0.4, -0.2) is 52.8 Å². The van der Waals surface area contributed by atoms with Gasteiger partial charge in [0, 0.05) is 12.7 Å². The van der Waals surface area contributed by atoms with E-state index < -0.39 is 0 Å². The molecule has 0 aromatic heterocycles. The summed E-state index contributed by atoms with van der Waals surface area (Å²) in [6, 6.07) is 17.9. The van der Waals surface area contributed by atoms with E-state index >= 15 is 0 Å². The summed E-state index contributed by atoms with van der Waals surface area (Å²) in [6.07, 6.45) is 0. The largest absolute Gasteiger partial charge is 0.495 e. The first-order valence-corrected chi connectivity index (χ1v) is 8.72. The molecule has 0 aliphatic carbocycles. The number of likely N-dealkylation sites (N-methyl/N-ethyl adjacent to an activating group) is 1. The average Bonchev–Trinajstić information content (AvgIpc) is 2.68. The first kappa shape index (κ1) is 17.3. The summed E-state index contributed by atoms with van der Waals surface area (Å²) in [5.41, 5.74) is 2.08. The number of carbonyl (C=O) groups is 1. The van der Waals surface area contributed by atoms with Gasteiger partial charge in [-0.3, -0.25) is 4.79 Å². The summed E-state index contributed by atoms with van der Waals surface area (Å²) < 4.78 is 5.46. The highest BCUT2D eigenvalue weighted by atomic mass is 16.5. The molecule has 1 fully saturated rings. The summed E-state index contributed by atoms with van der Waals surface area (Å²) in [5, 5.41) is 0. The number of benzene rings is 2. The third-order valence-corrected chi connectivity index (χ3v) is 4.82. The molecule has 0 atom stereocenters. The summed E-state index contributed by atoms with van der Waals surface area (Å²) in [5.74, 6) is 1.07. The van der Waals surface area contributed by atoms with Crippen molar-refractivity contribution < 1.29 is 14.4 Å². The SMILES string of the molecule is COc1ccccc1N1CC[NH+](CC(=O)N(C)c2ccccc2)CC1. The Balaban J connectivity index is 1.55. The molecule has 25 heavy (non-hydrogen) atoms. The molecule has 5 heteroatoms. The topological polar surface area (TPSA) is 37.2 Å². The molecule has 2 aromatic carbocycles. The van der Waals surface area contributed by atoms with Crippen LogP contribution in [0.4, 0.5) is 11.4 Å². The van der Waals surface area contributed by atoms with Gasteiger partial charge in [-0.1, -0.05) is 30.3 Å². The van der Waals surface area contributed by atoms with Crippen LogP contribution in [0.25, 0.3) is 0 Å². The van der Waals surface area contributed by atoms with Gasteiger partial charge in [0.25, 0.3) is 5.91 Å². The van der Waals surface area contributed by atoms with E-state index in [1.807, 2.05) is 55.6 Å². The molecule has 0 unspecified atom stereocenters. The second-order valence-electron chi connectivity index (χ2n) is 6.37. The van der Waals surface area contributed by atoms with Crippen LogP contribution < -0.4 is 19.4 Å². The lowest BCUT2D eigenvalue weighted by atomic mass is 10.2. The van der Waals surface area contributed by atoms with Gasteiger partial charge in [0.1, 0.15) is 5.75 Å². The van der Waals surface area contributed by atoms with E-state index in [1.54, 1.807) is 12.0 Å². The number of nitrogens with zero attached hydrogens (tertiary/aromatic N) is 2. The van der Waals surface area contributed by atoms with E-state index in [1.165, 1.54) is 4.90 Å². The first-order chi connectivity index (χ1) is 12.2. The van der Waals surface area contributed by atoms with Crippen molar-refractivity contribution in [3.8, 4) is 5.75 Å². The highest BCUT2D eigenvalue weighted by molar-refractivity contribution is 5.93. The lowest BCUT2D eigenvalue weighted by Crippen LogP contribution is -3.16. The summed E-state index contributed by atoms with van der Waals surface area (Å²) in [7, 11) is 3.56. The number of piperazine rings is 1. The Morgan fingerprint density at radius 3 is 2.40 bits per heavy atom. The predicted octanol–water partition coefficient (Wildman–Crippen LogP) is 1.06. The zero-order valence-electron chi connectivity index (χ0n) is 14.9. The lowest BCUT2D eigenvalue weighted by molar-refractivity contribution is -0.892. The minimum absolute atomic E-state index is 0.159. The Morgan fingerprint density at radius 2 is 1.72 bits per heavy atom. The van der Waals surface area contributed by atoms with Crippen molar-refractivity contribution in [1.29, 1.82) is 0 Å². The molecule has 1 N–H and O–H groups in total. The number of amides is 1. The Kier molecular flexibility index (Phi) is 5.56. The number of ether oxygens (including phenoxy) is 1. The number of nitrogens with one attached hydrogen (secondary N) is 1. The molecule has 1 saturated heterocycles. The Morgan fingerprint density at radius 1 is 1.08 bits per heavy atom. The average molecular weight is 340 g/mol. The monoisotopic (exact) mass is 340 g/mol. The van der Waals surface area contributed by atoms with Crippen molar-refractivity contribution in [3.05, 3.63) is 54.6 Å². The van der Waals surface area contributed by atoms with Crippen molar-refractivity contribution in [2.45, 2.75) is 0 Å². The normalized spacial score (nSPS) is 15.0. The van der Waals surface area contributed by atoms with Crippen molar-refractivity contribution in [3.63, 3.8) is 0 Å². The second-order valence-corrected chi connectivity index (χ2v) is 6.37. The van der Waals surface area contributed by atoms with Crippen molar-refractivity contribution in [2.75, 3.05) is 56.7 Å². The zero-order chi connectivity index (χ0) is 17.6. The number of hydrogen-bond donors (Lipinski definition) is 1. The van der Waals surface area contributed by atoms with E-state index in [0.717, 1.165) is 43.3 Å². The van der Waals surface area contributed by atoms with Gasteiger partial charge >= 0.3 is 0 Å². The maximum absolute atomic E-state index is 12.5. The van der Waals surface area contributed by atoms with Crippen LogP contribution >= 0.6 is 0 Å². The van der Waals surface area contributed by atoms with Gasteiger partial charge in [-0.25, -0.2) is 0 Å². The molecular weight excluding hydrogens is 314 g/mol.